The number of aryl methyl sites for hydroxylation is 4. The zero-order valence-corrected chi connectivity index (χ0v) is 13.0. The van der Waals surface area contributed by atoms with Gasteiger partial charge in [-0.2, -0.15) is 0 Å². The molecule has 0 amide bonds. The Kier molecular flexibility index (Phi) is 3.38. The highest BCUT2D eigenvalue weighted by molar-refractivity contribution is 5.62. The van der Waals surface area contributed by atoms with Crippen LogP contribution in [0.3, 0.4) is 0 Å². The van der Waals surface area contributed by atoms with Crippen molar-refractivity contribution in [2.75, 3.05) is 0 Å². The molecular formula is C19H20N2. The highest BCUT2D eigenvalue weighted by atomic mass is 15.1. The third-order valence-corrected chi connectivity index (χ3v) is 3.83. The molecule has 0 bridgehead atoms. The average molecular weight is 276 g/mol. The van der Waals surface area contributed by atoms with Gasteiger partial charge in [-0.15, -0.1) is 0 Å². The van der Waals surface area contributed by atoms with Crippen molar-refractivity contribution in [3.63, 3.8) is 0 Å². The molecule has 2 heteroatoms. The predicted octanol–water partition coefficient (Wildman–Crippen LogP) is 4.77. The Labute approximate surface area is 126 Å². The van der Waals surface area contributed by atoms with Gasteiger partial charge in [-0.25, -0.2) is 4.98 Å². The highest BCUT2D eigenvalue weighted by Gasteiger charge is 2.14. The Morgan fingerprint density at radius 1 is 0.857 bits per heavy atom. The van der Waals surface area contributed by atoms with Gasteiger partial charge in [0.25, 0.3) is 0 Å². The van der Waals surface area contributed by atoms with Gasteiger partial charge in [0.15, 0.2) is 0 Å². The smallest absolute Gasteiger partial charge is 0.144 e. The van der Waals surface area contributed by atoms with Crippen molar-refractivity contribution in [1.29, 1.82) is 0 Å². The molecule has 3 rings (SSSR count). The summed E-state index contributed by atoms with van der Waals surface area (Å²) in [5.41, 5.74) is 7.41. The maximum atomic E-state index is 4.63. The van der Waals surface area contributed by atoms with Gasteiger partial charge in [-0.05, 0) is 38.8 Å². The molecule has 2 aromatic carbocycles. The molecule has 0 aliphatic heterocycles. The number of rotatable bonds is 2. The lowest BCUT2D eigenvalue weighted by Crippen LogP contribution is -2.04. The van der Waals surface area contributed by atoms with E-state index < -0.39 is 0 Å². The largest absolute Gasteiger partial charge is 0.297 e. The minimum atomic E-state index is 1.00. The monoisotopic (exact) mass is 276 g/mol. The third-order valence-electron chi connectivity index (χ3n) is 3.83. The zero-order chi connectivity index (χ0) is 15.0. The number of hydrogen-bond acceptors (Lipinski definition) is 1. The third kappa shape index (κ3) is 2.38. The van der Waals surface area contributed by atoms with Gasteiger partial charge in [-0.1, -0.05) is 48.0 Å². The van der Waals surface area contributed by atoms with Gasteiger partial charge in [0.2, 0.25) is 0 Å². The standard InChI is InChI=1S/C19H20N2/c1-13-10-14(2)18(15(3)11-13)21-16(4)12-20-19(21)17-8-6-5-7-9-17/h5-12H,1-4H3. The van der Waals surface area contributed by atoms with Crippen LogP contribution >= 0.6 is 0 Å². The summed E-state index contributed by atoms with van der Waals surface area (Å²) in [5, 5.41) is 0. The van der Waals surface area contributed by atoms with Crippen LogP contribution in [0, 0.1) is 27.7 Å². The number of nitrogens with zero attached hydrogens (tertiary/aromatic N) is 2. The number of hydrogen-bond donors (Lipinski definition) is 0. The molecule has 0 unspecified atom stereocenters. The minimum Gasteiger partial charge on any atom is -0.297 e. The van der Waals surface area contributed by atoms with Gasteiger partial charge in [0, 0.05) is 17.5 Å². The normalized spacial score (nSPS) is 10.9. The average Bonchev–Trinajstić information content (AvgIpc) is 2.81. The Morgan fingerprint density at radius 2 is 1.48 bits per heavy atom. The maximum Gasteiger partial charge on any atom is 0.144 e. The molecule has 3 aromatic rings. The van der Waals surface area contributed by atoms with Crippen molar-refractivity contribution >= 4 is 0 Å². The summed E-state index contributed by atoms with van der Waals surface area (Å²) in [4.78, 5) is 4.63. The van der Waals surface area contributed by atoms with Gasteiger partial charge < -0.3 is 0 Å². The van der Waals surface area contributed by atoms with Crippen LogP contribution < -0.4 is 0 Å². The van der Waals surface area contributed by atoms with E-state index in [2.05, 4.69) is 73.6 Å². The fraction of sp³-hybridized carbons (Fsp3) is 0.211. The van der Waals surface area contributed by atoms with Gasteiger partial charge in [0.05, 0.1) is 5.69 Å². The molecule has 1 aromatic heterocycles. The van der Waals surface area contributed by atoms with Crippen molar-refractivity contribution in [3.8, 4) is 17.1 Å². The van der Waals surface area contributed by atoms with Crippen molar-refractivity contribution in [3.05, 3.63) is 71.0 Å². The van der Waals surface area contributed by atoms with Crippen LogP contribution in [0.2, 0.25) is 0 Å². The molecule has 0 spiro atoms. The summed E-state index contributed by atoms with van der Waals surface area (Å²) in [5.74, 6) is 1.00. The zero-order valence-electron chi connectivity index (χ0n) is 13.0. The van der Waals surface area contributed by atoms with Crippen LogP contribution in [0.4, 0.5) is 0 Å². The molecule has 0 aliphatic carbocycles. The lowest BCUT2D eigenvalue weighted by atomic mass is 10.0. The lowest BCUT2D eigenvalue weighted by molar-refractivity contribution is 0.984. The van der Waals surface area contributed by atoms with E-state index in [-0.39, 0.29) is 0 Å². The van der Waals surface area contributed by atoms with E-state index in [9.17, 15) is 0 Å². The van der Waals surface area contributed by atoms with E-state index in [0.717, 1.165) is 17.1 Å². The molecule has 0 saturated carbocycles. The Hall–Kier alpha value is -2.35. The van der Waals surface area contributed by atoms with Crippen molar-refractivity contribution in [2.45, 2.75) is 27.7 Å². The predicted molar refractivity (Wildman–Crippen MR) is 87.9 cm³/mol. The molecule has 1 heterocycles. The molecule has 0 radical (unpaired) electrons. The van der Waals surface area contributed by atoms with Crippen molar-refractivity contribution < 1.29 is 0 Å². The Bertz CT molecular complexity index is 760. The summed E-state index contributed by atoms with van der Waals surface area (Å²) < 4.78 is 2.26. The Balaban J connectivity index is 2.28. The minimum absolute atomic E-state index is 1.00. The molecule has 0 atom stereocenters. The lowest BCUT2D eigenvalue weighted by Gasteiger charge is -2.17. The van der Waals surface area contributed by atoms with Crippen molar-refractivity contribution in [2.24, 2.45) is 0 Å². The summed E-state index contributed by atoms with van der Waals surface area (Å²) in [6.45, 7) is 8.59. The van der Waals surface area contributed by atoms with Gasteiger partial charge in [-0.3, -0.25) is 4.57 Å². The van der Waals surface area contributed by atoms with Gasteiger partial charge in [0.1, 0.15) is 5.82 Å². The second kappa shape index (κ2) is 5.21. The molecular weight excluding hydrogens is 256 g/mol. The summed E-state index contributed by atoms with van der Waals surface area (Å²) in [6.07, 6.45) is 1.95. The topological polar surface area (TPSA) is 17.8 Å². The van der Waals surface area contributed by atoms with E-state index in [4.69, 9.17) is 0 Å². The molecule has 106 valence electrons. The van der Waals surface area contributed by atoms with Crippen LogP contribution in [0.1, 0.15) is 22.4 Å². The summed E-state index contributed by atoms with van der Waals surface area (Å²) >= 11 is 0. The number of imidazole rings is 1. The first-order valence-electron chi connectivity index (χ1n) is 7.26. The second-order valence-corrected chi connectivity index (χ2v) is 5.67. The molecule has 0 fully saturated rings. The fourth-order valence-corrected chi connectivity index (χ4v) is 3.04. The molecule has 2 nitrogen and oxygen atoms in total. The van der Waals surface area contributed by atoms with Crippen LogP contribution in [-0.4, -0.2) is 9.55 Å². The maximum absolute atomic E-state index is 4.63. The van der Waals surface area contributed by atoms with Gasteiger partial charge >= 0.3 is 0 Å². The SMILES string of the molecule is Cc1cc(C)c(-n2c(C)cnc2-c2ccccc2)c(C)c1. The van der Waals surface area contributed by atoms with E-state index in [1.54, 1.807) is 0 Å². The number of aromatic nitrogens is 2. The molecule has 0 aliphatic rings. The van der Waals surface area contributed by atoms with Crippen LogP contribution in [0.5, 0.6) is 0 Å². The first-order valence-corrected chi connectivity index (χ1v) is 7.26. The van der Waals surface area contributed by atoms with E-state index in [0.29, 0.717) is 0 Å². The van der Waals surface area contributed by atoms with E-state index in [1.165, 1.54) is 22.4 Å². The highest BCUT2D eigenvalue weighted by Crippen LogP contribution is 2.28. The van der Waals surface area contributed by atoms with Crippen LogP contribution in [0.25, 0.3) is 17.1 Å². The molecule has 0 saturated heterocycles. The summed E-state index contributed by atoms with van der Waals surface area (Å²) in [6, 6.07) is 14.8. The first-order chi connectivity index (χ1) is 10.1. The van der Waals surface area contributed by atoms with Crippen molar-refractivity contribution in [1.82, 2.24) is 9.55 Å². The first kappa shape index (κ1) is 13.6. The molecule has 21 heavy (non-hydrogen) atoms. The van der Waals surface area contributed by atoms with Crippen LogP contribution in [-0.2, 0) is 0 Å². The number of benzene rings is 2. The molecule has 0 N–H and O–H groups in total. The fourth-order valence-electron chi connectivity index (χ4n) is 3.04. The second-order valence-electron chi connectivity index (χ2n) is 5.67. The Morgan fingerprint density at radius 3 is 2.10 bits per heavy atom. The summed E-state index contributed by atoms with van der Waals surface area (Å²) in [7, 11) is 0. The van der Waals surface area contributed by atoms with E-state index in [1.807, 2.05) is 12.3 Å². The van der Waals surface area contributed by atoms with E-state index >= 15 is 0 Å². The van der Waals surface area contributed by atoms with Crippen LogP contribution in [0.15, 0.2) is 48.7 Å². The quantitative estimate of drug-likeness (QED) is 0.659.